The van der Waals surface area contributed by atoms with Crippen LogP contribution in [0.4, 0.5) is 5.82 Å². The number of nitrogens with two attached hydrogens (primary N) is 1. The van der Waals surface area contributed by atoms with Gasteiger partial charge in [-0.3, -0.25) is 4.79 Å². The second-order valence-electron chi connectivity index (χ2n) is 1.80. The van der Waals surface area contributed by atoms with Gasteiger partial charge in [0.1, 0.15) is 5.82 Å². The molecule has 0 bridgehead atoms. The summed E-state index contributed by atoms with van der Waals surface area (Å²) in [7, 11) is 0. The Morgan fingerprint density at radius 3 is 2.89 bits per heavy atom. The molecule has 3 N–H and O–H groups in total. The molecule has 0 saturated heterocycles. The molecule has 0 aliphatic heterocycles. The Labute approximate surface area is 51.7 Å². The van der Waals surface area contributed by atoms with Gasteiger partial charge in [0, 0.05) is 5.56 Å². The van der Waals surface area contributed by atoms with Gasteiger partial charge in [-0.15, -0.1) is 0 Å². The summed E-state index contributed by atoms with van der Waals surface area (Å²) in [5.41, 5.74) is 5.64. The van der Waals surface area contributed by atoms with Crippen molar-refractivity contribution in [2.45, 2.75) is 6.92 Å². The number of aryl methyl sites for hydroxylation is 1. The van der Waals surface area contributed by atoms with Crippen molar-refractivity contribution in [1.82, 2.24) is 10.2 Å². The standard InChI is InChI=1S/C5H7N3O/c1-3-2-4(6)7-8-5(3)9/h2H,1H3,(H2,6,7)(H,8,9). The Balaban J connectivity index is 3.34. The average Bonchev–Trinajstić information content (AvgIpc) is 1.80. The lowest BCUT2D eigenvalue weighted by atomic mass is 10.3. The fourth-order valence-electron chi connectivity index (χ4n) is 0.523. The van der Waals surface area contributed by atoms with Gasteiger partial charge in [0.05, 0.1) is 0 Å². The van der Waals surface area contributed by atoms with Crippen LogP contribution in [0.25, 0.3) is 0 Å². The molecule has 1 heterocycles. The van der Waals surface area contributed by atoms with Gasteiger partial charge in [-0.25, -0.2) is 5.10 Å². The summed E-state index contributed by atoms with van der Waals surface area (Å²) >= 11 is 0. The number of aromatic amines is 1. The molecule has 1 aromatic heterocycles. The van der Waals surface area contributed by atoms with E-state index in [4.69, 9.17) is 5.73 Å². The molecule has 0 aliphatic rings. The predicted octanol–water partition coefficient (Wildman–Crippen LogP) is -0.339. The van der Waals surface area contributed by atoms with Crippen LogP contribution in [0.2, 0.25) is 0 Å². The zero-order chi connectivity index (χ0) is 6.85. The zero-order valence-corrected chi connectivity index (χ0v) is 5.01. The van der Waals surface area contributed by atoms with E-state index in [-0.39, 0.29) is 5.56 Å². The van der Waals surface area contributed by atoms with E-state index >= 15 is 0 Å². The van der Waals surface area contributed by atoms with Crippen LogP contribution in [-0.4, -0.2) is 10.2 Å². The lowest BCUT2D eigenvalue weighted by molar-refractivity contribution is 0.979. The van der Waals surface area contributed by atoms with Crippen LogP contribution in [0.3, 0.4) is 0 Å². The van der Waals surface area contributed by atoms with Gasteiger partial charge in [-0.2, -0.15) is 5.10 Å². The molecule has 0 amide bonds. The molecule has 4 nitrogen and oxygen atoms in total. The highest BCUT2D eigenvalue weighted by molar-refractivity contribution is 5.28. The third-order valence-corrected chi connectivity index (χ3v) is 1.01. The lowest BCUT2D eigenvalue weighted by Crippen LogP contribution is -2.11. The number of hydrogen-bond donors (Lipinski definition) is 2. The first kappa shape index (κ1) is 5.81. The highest BCUT2D eigenvalue weighted by Gasteiger charge is 1.91. The van der Waals surface area contributed by atoms with E-state index in [0.717, 1.165) is 0 Å². The normalized spacial score (nSPS) is 9.44. The minimum absolute atomic E-state index is 0.191. The molecule has 4 heteroatoms. The fraction of sp³-hybridized carbons (Fsp3) is 0.200. The second-order valence-corrected chi connectivity index (χ2v) is 1.80. The summed E-state index contributed by atoms with van der Waals surface area (Å²) in [5.74, 6) is 0.340. The van der Waals surface area contributed by atoms with Crippen molar-refractivity contribution < 1.29 is 0 Å². The van der Waals surface area contributed by atoms with Gasteiger partial charge in [0.2, 0.25) is 0 Å². The molecule has 0 atom stereocenters. The highest BCUT2D eigenvalue weighted by atomic mass is 16.1. The van der Waals surface area contributed by atoms with E-state index in [1.165, 1.54) is 6.07 Å². The SMILES string of the molecule is Cc1cc(N)n[nH]c1=O. The van der Waals surface area contributed by atoms with Gasteiger partial charge in [-0.05, 0) is 13.0 Å². The van der Waals surface area contributed by atoms with E-state index in [0.29, 0.717) is 11.4 Å². The monoisotopic (exact) mass is 125 g/mol. The van der Waals surface area contributed by atoms with Crippen LogP contribution in [-0.2, 0) is 0 Å². The van der Waals surface area contributed by atoms with Crippen molar-refractivity contribution in [3.05, 3.63) is 22.0 Å². The quantitative estimate of drug-likeness (QED) is 0.498. The van der Waals surface area contributed by atoms with E-state index < -0.39 is 0 Å². The molecule has 9 heavy (non-hydrogen) atoms. The summed E-state index contributed by atoms with van der Waals surface area (Å²) in [6.45, 7) is 1.68. The molecule has 0 aliphatic carbocycles. The van der Waals surface area contributed by atoms with Crippen LogP contribution < -0.4 is 11.3 Å². The summed E-state index contributed by atoms with van der Waals surface area (Å²) in [6.07, 6.45) is 0. The Morgan fingerprint density at radius 1 is 1.78 bits per heavy atom. The van der Waals surface area contributed by atoms with Crippen molar-refractivity contribution in [1.29, 1.82) is 0 Å². The molecule has 0 fully saturated rings. The molecule has 0 aromatic carbocycles. The number of rotatable bonds is 0. The van der Waals surface area contributed by atoms with Crippen molar-refractivity contribution in [2.24, 2.45) is 0 Å². The molecule has 0 unspecified atom stereocenters. The first-order valence-electron chi connectivity index (χ1n) is 2.52. The molecule has 0 saturated carbocycles. The number of anilines is 1. The Bertz CT molecular complexity index is 265. The number of hydrogen-bond acceptors (Lipinski definition) is 3. The molecular weight excluding hydrogens is 118 g/mol. The van der Waals surface area contributed by atoms with Gasteiger partial charge in [-0.1, -0.05) is 0 Å². The maximum absolute atomic E-state index is 10.6. The first-order chi connectivity index (χ1) is 4.20. The van der Waals surface area contributed by atoms with Crippen LogP contribution in [0, 0.1) is 6.92 Å². The number of H-pyrrole nitrogens is 1. The number of nitrogens with zero attached hydrogens (tertiary/aromatic N) is 1. The van der Waals surface area contributed by atoms with E-state index in [2.05, 4.69) is 10.2 Å². The Kier molecular flexibility index (Phi) is 1.22. The van der Waals surface area contributed by atoms with E-state index in [1.54, 1.807) is 6.92 Å². The van der Waals surface area contributed by atoms with Crippen LogP contribution >= 0.6 is 0 Å². The number of nitrogens with one attached hydrogen (secondary N) is 1. The Morgan fingerprint density at radius 2 is 2.44 bits per heavy atom. The molecule has 0 spiro atoms. The third kappa shape index (κ3) is 1.07. The maximum Gasteiger partial charge on any atom is 0.267 e. The third-order valence-electron chi connectivity index (χ3n) is 1.01. The van der Waals surface area contributed by atoms with Gasteiger partial charge < -0.3 is 5.73 Å². The van der Waals surface area contributed by atoms with E-state index in [9.17, 15) is 4.79 Å². The van der Waals surface area contributed by atoms with Crippen LogP contribution in [0.5, 0.6) is 0 Å². The largest absolute Gasteiger partial charge is 0.382 e. The average molecular weight is 125 g/mol. The van der Waals surface area contributed by atoms with Gasteiger partial charge in [0.15, 0.2) is 0 Å². The smallest absolute Gasteiger partial charge is 0.267 e. The van der Waals surface area contributed by atoms with E-state index in [1.807, 2.05) is 0 Å². The maximum atomic E-state index is 10.6. The molecule has 1 rings (SSSR count). The number of nitrogen functional groups attached to an aromatic ring is 1. The number of aromatic nitrogens is 2. The summed E-state index contributed by atoms with van der Waals surface area (Å²) < 4.78 is 0. The highest BCUT2D eigenvalue weighted by Crippen LogP contribution is 1.91. The predicted molar refractivity (Wildman–Crippen MR) is 34.0 cm³/mol. The fourth-order valence-corrected chi connectivity index (χ4v) is 0.523. The van der Waals surface area contributed by atoms with Crippen molar-refractivity contribution in [3.63, 3.8) is 0 Å². The summed E-state index contributed by atoms with van der Waals surface area (Å²) in [4.78, 5) is 10.6. The van der Waals surface area contributed by atoms with Crippen molar-refractivity contribution in [2.75, 3.05) is 5.73 Å². The van der Waals surface area contributed by atoms with Crippen LogP contribution in [0.15, 0.2) is 10.9 Å². The van der Waals surface area contributed by atoms with Gasteiger partial charge in [0.25, 0.3) is 5.56 Å². The minimum Gasteiger partial charge on any atom is -0.382 e. The second kappa shape index (κ2) is 1.89. The minimum atomic E-state index is -0.191. The summed E-state index contributed by atoms with van der Waals surface area (Å²) in [6, 6.07) is 1.53. The van der Waals surface area contributed by atoms with Crippen molar-refractivity contribution in [3.8, 4) is 0 Å². The Hall–Kier alpha value is -1.32. The lowest BCUT2D eigenvalue weighted by Gasteiger charge is -1.90. The van der Waals surface area contributed by atoms with Crippen molar-refractivity contribution >= 4 is 5.82 Å². The molecule has 48 valence electrons. The van der Waals surface area contributed by atoms with Gasteiger partial charge >= 0.3 is 0 Å². The molecule has 0 radical (unpaired) electrons. The molecular formula is C5H7N3O. The van der Waals surface area contributed by atoms with Crippen LogP contribution in [0.1, 0.15) is 5.56 Å². The zero-order valence-electron chi connectivity index (χ0n) is 5.01. The topological polar surface area (TPSA) is 71.8 Å². The summed E-state index contributed by atoms with van der Waals surface area (Å²) in [5, 5.41) is 5.72. The first-order valence-corrected chi connectivity index (χ1v) is 2.52. The molecule has 1 aromatic rings.